The number of ether oxygens (including phenoxy) is 3. The van der Waals surface area contributed by atoms with E-state index < -0.39 is 0 Å². The van der Waals surface area contributed by atoms with Gasteiger partial charge in [0, 0.05) is 25.2 Å². The van der Waals surface area contributed by atoms with Crippen LogP contribution in [-0.4, -0.2) is 27.4 Å². The molecule has 1 N–H and O–H groups in total. The minimum absolute atomic E-state index is 0.584. The van der Waals surface area contributed by atoms with E-state index in [0.29, 0.717) is 13.2 Å². The molecule has 0 atom stereocenters. The maximum Gasteiger partial charge on any atom is 0.162 e. The molecule has 0 radical (unpaired) electrons. The normalized spacial score (nSPS) is 10.3. The van der Waals surface area contributed by atoms with Gasteiger partial charge in [0.1, 0.15) is 5.75 Å². The van der Waals surface area contributed by atoms with Crippen LogP contribution in [-0.2, 0) is 0 Å². The molecule has 124 valence electrons. The van der Waals surface area contributed by atoms with E-state index in [4.69, 9.17) is 14.2 Å². The Morgan fingerprint density at radius 3 is 2.26 bits per heavy atom. The third-order valence-electron chi connectivity index (χ3n) is 3.65. The third-order valence-corrected chi connectivity index (χ3v) is 3.65. The fourth-order valence-electron chi connectivity index (χ4n) is 2.38. The average Bonchev–Trinajstić information content (AvgIpc) is 2.57. The number of methoxy groups -OCH3 is 1. The quantitative estimate of drug-likeness (QED) is 0.741. The maximum absolute atomic E-state index is 5.88. The van der Waals surface area contributed by atoms with Gasteiger partial charge in [0.25, 0.3) is 0 Å². The molecular weight excluding hydrogens is 290 g/mol. The average molecular weight is 315 g/mol. The van der Waals surface area contributed by atoms with Gasteiger partial charge in [0.15, 0.2) is 11.5 Å². The molecule has 0 unspecified atom stereocenters. The van der Waals surface area contributed by atoms with Crippen molar-refractivity contribution in [1.29, 1.82) is 0 Å². The molecule has 0 fully saturated rings. The molecule has 0 aliphatic rings. The number of hydrogen-bond acceptors (Lipinski definition) is 4. The van der Waals surface area contributed by atoms with Crippen LogP contribution in [0.3, 0.4) is 0 Å². The Labute approximate surface area is 138 Å². The van der Waals surface area contributed by atoms with E-state index in [2.05, 4.69) is 31.3 Å². The van der Waals surface area contributed by atoms with Gasteiger partial charge in [-0.15, -0.1) is 0 Å². The maximum atomic E-state index is 5.88. The highest BCUT2D eigenvalue weighted by Crippen LogP contribution is 2.30. The molecule has 0 saturated heterocycles. The van der Waals surface area contributed by atoms with Crippen molar-refractivity contribution in [3.8, 4) is 17.2 Å². The van der Waals surface area contributed by atoms with Crippen molar-refractivity contribution in [2.24, 2.45) is 0 Å². The van der Waals surface area contributed by atoms with E-state index in [0.717, 1.165) is 40.5 Å². The van der Waals surface area contributed by atoms with Gasteiger partial charge in [-0.3, -0.25) is 0 Å². The summed E-state index contributed by atoms with van der Waals surface area (Å²) < 4.78 is 17.0. The van der Waals surface area contributed by atoms with Gasteiger partial charge in [-0.2, -0.15) is 0 Å². The molecule has 0 aliphatic heterocycles. The van der Waals surface area contributed by atoms with Crippen LogP contribution in [0, 0.1) is 13.8 Å². The molecule has 0 aliphatic carbocycles. The summed E-state index contributed by atoms with van der Waals surface area (Å²) in [6.07, 6.45) is 0.810. The van der Waals surface area contributed by atoms with E-state index in [9.17, 15) is 0 Å². The molecule has 0 heterocycles. The van der Waals surface area contributed by atoms with Gasteiger partial charge < -0.3 is 19.5 Å². The minimum Gasteiger partial charge on any atom is -0.493 e. The second-order valence-electron chi connectivity index (χ2n) is 5.39. The molecule has 2 aromatic carbocycles. The highest BCUT2D eigenvalue weighted by molar-refractivity contribution is 5.54. The van der Waals surface area contributed by atoms with Crippen molar-refractivity contribution in [2.75, 3.05) is 32.7 Å². The zero-order valence-corrected chi connectivity index (χ0v) is 14.3. The van der Waals surface area contributed by atoms with Gasteiger partial charge in [0.05, 0.1) is 20.3 Å². The predicted octanol–water partition coefficient (Wildman–Crippen LogP) is 4.20. The zero-order valence-electron chi connectivity index (χ0n) is 14.3. The number of aryl methyl sites for hydroxylation is 2. The monoisotopic (exact) mass is 315 g/mol. The summed E-state index contributed by atoms with van der Waals surface area (Å²) in [5.41, 5.74) is 3.32. The van der Waals surface area contributed by atoms with Crippen molar-refractivity contribution in [3.63, 3.8) is 0 Å². The summed E-state index contributed by atoms with van der Waals surface area (Å²) in [7, 11) is 3.52. The Hall–Kier alpha value is -2.36. The van der Waals surface area contributed by atoms with Crippen LogP contribution in [0.25, 0.3) is 0 Å². The molecule has 4 nitrogen and oxygen atoms in total. The van der Waals surface area contributed by atoms with E-state index in [1.165, 1.54) is 0 Å². The number of nitrogens with one attached hydrogen (secondary N) is 1. The summed E-state index contributed by atoms with van der Waals surface area (Å²) in [5, 5.41) is 3.08. The van der Waals surface area contributed by atoms with Gasteiger partial charge in [0.2, 0.25) is 0 Å². The third kappa shape index (κ3) is 4.55. The molecule has 2 aromatic rings. The Kier molecular flexibility index (Phi) is 6.15. The molecule has 0 bridgehead atoms. The highest BCUT2D eigenvalue weighted by atomic mass is 16.5. The summed E-state index contributed by atoms with van der Waals surface area (Å²) in [4.78, 5) is 0. The molecule has 0 spiro atoms. The first-order valence-corrected chi connectivity index (χ1v) is 7.83. The Morgan fingerprint density at radius 2 is 1.61 bits per heavy atom. The van der Waals surface area contributed by atoms with Crippen LogP contribution in [0.5, 0.6) is 17.2 Å². The highest BCUT2D eigenvalue weighted by Gasteiger charge is 2.06. The first-order valence-electron chi connectivity index (χ1n) is 7.83. The number of rotatable bonds is 8. The van der Waals surface area contributed by atoms with E-state index in [1.54, 1.807) is 7.11 Å². The molecule has 23 heavy (non-hydrogen) atoms. The van der Waals surface area contributed by atoms with Crippen LogP contribution < -0.4 is 19.5 Å². The topological polar surface area (TPSA) is 39.7 Å². The fourth-order valence-corrected chi connectivity index (χ4v) is 2.38. The molecular formula is C19H25NO3. The Morgan fingerprint density at radius 1 is 0.913 bits per heavy atom. The van der Waals surface area contributed by atoms with Crippen molar-refractivity contribution in [2.45, 2.75) is 20.3 Å². The van der Waals surface area contributed by atoms with Crippen molar-refractivity contribution < 1.29 is 14.2 Å². The standard InChI is InChI=1S/C19H25NO3/c1-14-7-5-8-15(2)19(14)23-12-6-11-22-17-10-9-16(20-3)13-18(17)21-4/h5,7-10,13,20H,6,11-12H2,1-4H3. The fraction of sp³-hybridized carbons (Fsp3) is 0.368. The van der Waals surface area contributed by atoms with Crippen LogP contribution in [0.1, 0.15) is 17.5 Å². The smallest absolute Gasteiger partial charge is 0.162 e. The van der Waals surface area contributed by atoms with E-state index in [1.807, 2.05) is 31.3 Å². The number of anilines is 1. The molecule has 0 amide bonds. The summed E-state index contributed by atoms with van der Waals surface area (Å²) in [5.74, 6) is 2.45. The van der Waals surface area contributed by atoms with Gasteiger partial charge >= 0.3 is 0 Å². The summed E-state index contributed by atoms with van der Waals surface area (Å²) >= 11 is 0. The van der Waals surface area contributed by atoms with Gasteiger partial charge in [-0.1, -0.05) is 18.2 Å². The number of para-hydroxylation sites is 1. The number of benzene rings is 2. The lowest BCUT2D eigenvalue weighted by Gasteiger charge is -2.14. The summed E-state index contributed by atoms with van der Waals surface area (Å²) in [6, 6.07) is 12.0. The second kappa shape index (κ2) is 8.32. The van der Waals surface area contributed by atoms with E-state index in [-0.39, 0.29) is 0 Å². The van der Waals surface area contributed by atoms with Crippen molar-refractivity contribution >= 4 is 5.69 Å². The SMILES string of the molecule is CNc1ccc(OCCCOc2c(C)cccc2C)c(OC)c1. The second-order valence-corrected chi connectivity index (χ2v) is 5.39. The predicted molar refractivity (Wildman–Crippen MR) is 94.1 cm³/mol. The lowest BCUT2D eigenvalue weighted by Crippen LogP contribution is -2.07. The lowest BCUT2D eigenvalue weighted by molar-refractivity contribution is 0.239. The van der Waals surface area contributed by atoms with Crippen LogP contribution >= 0.6 is 0 Å². The lowest BCUT2D eigenvalue weighted by atomic mass is 10.1. The van der Waals surface area contributed by atoms with Crippen molar-refractivity contribution in [3.05, 3.63) is 47.5 Å². The van der Waals surface area contributed by atoms with E-state index >= 15 is 0 Å². The van der Waals surface area contributed by atoms with Crippen LogP contribution in [0.15, 0.2) is 36.4 Å². The molecule has 0 saturated carbocycles. The minimum atomic E-state index is 0.584. The number of hydrogen-bond donors (Lipinski definition) is 1. The van der Waals surface area contributed by atoms with Crippen molar-refractivity contribution in [1.82, 2.24) is 0 Å². The first kappa shape index (κ1) is 17.0. The van der Waals surface area contributed by atoms with Crippen LogP contribution in [0.4, 0.5) is 5.69 Å². The Balaban J connectivity index is 1.82. The molecule has 2 rings (SSSR count). The zero-order chi connectivity index (χ0) is 16.7. The van der Waals surface area contributed by atoms with Crippen LogP contribution in [0.2, 0.25) is 0 Å². The van der Waals surface area contributed by atoms with Gasteiger partial charge in [-0.25, -0.2) is 0 Å². The molecule has 0 aromatic heterocycles. The largest absolute Gasteiger partial charge is 0.493 e. The Bertz CT molecular complexity index is 620. The molecule has 4 heteroatoms. The summed E-state index contributed by atoms with van der Waals surface area (Å²) in [6.45, 7) is 5.34. The first-order chi connectivity index (χ1) is 11.2. The van der Waals surface area contributed by atoms with Gasteiger partial charge in [-0.05, 0) is 37.1 Å².